The van der Waals surface area contributed by atoms with Gasteiger partial charge < -0.3 is 69.4 Å². The van der Waals surface area contributed by atoms with E-state index in [2.05, 4.69) is 77.5 Å². The van der Waals surface area contributed by atoms with E-state index in [-0.39, 0.29) is 60.5 Å². The number of benzene rings is 3. The Hall–Kier alpha value is -5.63. The van der Waals surface area contributed by atoms with Gasteiger partial charge in [-0.15, -0.1) is 17.3 Å². The molecule has 27 heteroatoms. The first-order valence-corrected chi connectivity index (χ1v) is 32.0. The summed E-state index contributed by atoms with van der Waals surface area (Å²) in [4.78, 5) is 61.8. The van der Waals surface area contributed by atoms with Crippen LogP contribution in [0.5, 0.6) is 11.5 Å². The number of hydrogen-bond acceptors (Lipinski definition) is 22. The highest BCUT2D eigenvalue weighted by Crippen LogP contribution is 2.28. The highest BCUT2D eigenvalue weighted by Gasteiger charge is 2.39. The van der Waals surface area contributed by atoms with Crippen molar-refractivity contribution in [3.8, 4) is 11.5 Å². The molecule has 5 heterocycles. The van der Waals surface area contributed by atoms with Crippen LogP contribution in [0, 0.1) is 0 Å². The van der Waals surface area contributed by atoms with E-state index < -0.39 is 6.04 Å². The Morgan fingerprint density at radius 1 is 0.759 bits per heavy atom. The van der Waals surface area contributed by atoms with Gasteiger partial charge in [-0.1, -0.05) is 24.3 Å². The zero-order chi connectivity index (χ0) is 61.0. The summed E-state index contributed by atoms with van der Waals surface area (Å²) in [6.07, 6.45) is 5.38. The molecular formula is C60H96N16O10S. The number of likely N-dealkylation sites (N-methyl/N-ethyl adjacent to an activating group) is 2. The second-order valence-corrected chi connectivity index (χ2v) is 23.8. The number of carbonyl (C=O) groups is 4. The molecule has 0 bridgehead atoms. The van der Waals surface area contributed by atoms with Crippen LogP contribution in [0.25, 0.3) is 0 Å². The minimum Gasteiger partial charge on any atom is -0.494 e. The minimum absolute atomic E-state index is 0.0270. The Balaban J connectivity index is 0.592. The lowest BCUT2D eigenvalue weighted by molar-refractivity contribution is -0.142. The summed E-state index contributed by atoms with van der Waals surface area (Å²) in [6, 6.07) is 22.1. The van der Waals surface area contributed by atoms with Crippen LogP contribution >= 0.6 is 11.8 Å². The summed E-state index contributed by atoms with van der Waals surface area (Å²) >= 11 is 1.59. The van der Waals surface area contributed by atoms with Gasteiger partial charge in [0.1, 0.15) is 36.3 Å². The molecule has 0 aromatic heterocycles. The Morgan fingerprint density at radius 2 is 1.51 bits per heavy atom. The molecule has 9 N–H and O–H groups in total. The van der Waals surface area contributed by atoms with Gasteiger partial charge in [0.25, 0.3) is 0 Å². The summed E-state index contributed by atoms with van der Waals surface area (Å²) in [7, 11) is 7.78. The number of nitrogens with zero attached hydrogens (tertiary/aromatic N) is 7. The third kappa shape index (κ3) is 23.0. The number of methoxy groups -OCH3 is 1. The number of ether oxygens (including phenoxy) is 6. The van der Waals surface area contributed by atoms with Crippen molar-refractivity contribution < 1.29 is 47.6 Å². The van der Waals surface area contributed by atoms with Gasteiger partial charge in [0.2, 0.25) is 17.7 Å². The number of rotatable bonds is 38. The maximum Gasteiger partial charge on any atom is 0.321 e. The van der Waals surface area contributed by atoms with Gasteiger partial charge in [0.15, 0.2) is 0 Å². The molecule has 87 heavy (non-hydrogen) atoms. The summed E-state index contributed by atoms with van der Waals surface area (Å²) in [5.41, 5.74) is 19.5. The fraction of sp³-hybridized carbons (Fsp3) is 0.633. The first-order chi connectivity index (χ1) is 42.5. The van der Waals surface area contributed by atoms with E-state index in [4.69, 9.17) is 28.4 Å². The Bertz CT molecular complexity index is 2530. The highest BCUT2D eigenvalue weighted by atomic mass is 32.2. The second kappa shape index (κ2) is 36.8. The molecule has 4 saturated heterocycles. The molecule has 5 aliphatic rings. The van der Waals surface area contributed by atoms with Gasteiger partial charge in [-0.05, 0) is 113 Å². The normalized spacial score (nSPS) is 20.1. The van der Waals surface area contributed by atoms with Crippen molar-refractivity contribution in [1.82, 2.24) is 67.5 Å². The fourth-order valence-corrected chi connectivity index (χ4v) is 11.9. The van der Waals surface area contributed by atoms with Crippen LogP contribution < -0.4 is 63.1 Å². The lowest BCUT2D eigenvalue weighted by atomic mass is 10.0. The van der Waals surface area contributed by atoms with E-state index in [9.17, 15) is 19.2 Å². The van der Waals surface area contributed by atoms with Gasteiger partial charge in [-0.3, -0.25) is 24.7 Å². The Kier molecular flexibility index (Phi) is 28.4. The average Bonchev–Trinajstić information content (AvgIpc) is 3.29. The van der Waals surface area contributed by atoms with Crippen LogP contribution in [0.15, 0.2) is 72.8 Å². The molecule has 5 aliphatic heterocycles. The zero-order valence-corrected chi connectivity index (χ0v) is 52.3. The number of fused-ring (bicyclic) bond motifs is 1. The molecule has 4 fully saturated rings. The lowest BCUT2D eigenvalue weighted by Crippen LogP contribution is -2.60. The molecule has 0 radical (unpaired) electrons. The molecule has 482 valence electrons. The predicted octanol–water partition coefficient (Wildman–Crippen LogP) is 2.06. The number of hydrogen-bond donors (Lipinski definition) is 9. The number of carbonyl (C=O) groups excluding carboxylic acids is 4. The van der Waals surface area contributed by atoms with E-state index in [1.54, 1.807) is 35.9 Å². The molecular weight excluding hydrogens is 1140 g/mol. The number of unbranched alkanes of at least 4 members (excludes halogenated alkanes) is 1. The average molecular weight is 1230 g/mol. The lowest BCUT2D eigenvalue weighted by Gasteiger charge is -2.35. The number of aryl methyl sites for hydroxylation is 1. The summed E-state index contributed by atoms with van der Waals surface area (Å²) in [5, 5.41) is 18.2. The van der Waals surface area contributed by atoms with Crippen molar-refractivity contribution in [1.29, 1.82) is 0 Å². The number of urea groups is 1. The third-order valence-electron chi connectivity index (χ3n) is 15.9. The molecule has 0 spiro atoms. The van der Waals surface area contributed by atoms with Gasteiger partial charge in [-0.25, -0.2) is 25.7 Å². The van der Waals surface area contributed by atoms with E-state index in [0.717, 1.165) is 113 Å². The van der Waals surface area contributed by atoms with Crippen molar-refractivity contribution in [2.24, 2.45) is 0 Å². The number of piperazine rings is 1. The highest BCUT2D eigenvalue weighted by molar-refractivity contribution is 8.00. The third-order valence-corrected chi connectivity index (χ3v) is 17.1. The molecule has 3 aromatic carbocycles. The van der Waals surface area contributed by atoms with Crippen molar-refractivity contribution in [2.75, 3.05) is 181 Å². The van der Waals surface area contributed by atoms with Crippen LogP contribution in [0.4, 0.5) is 21.9 Å². The Morgan fingerprint density at radius 3 is 2.29 bits per heavy atom. The van der Waals surface area contributed by atoms with Gasteiger partial charge >= 0.3 is 6.03 Å². The molecule has 5 amide bonds. The van der Waals surface area contributed by atoms with Crippen molar-refractivity contribution in [3.63, 3.8) is 0 Å². The van der Waals surface area contributed by atoms with Crippen LogP contribution in [-0.2, 0) is 39.8 Å². The van der Waals surface area contributed by atoms with Crippen LogP contribution in [0.1, 0.15) is 50.5 Å². The summed E-state index contributed by atoms with van der Waals surface area (Å²) in [6.45, 7) is 13.0. The molecule has 5 atom stereocenters. The maximum absolute atomic E-state index is 14.1. The number of hydrazine groups is 5. The molecule has 3 aromatic rings. The molecule has 8 rings (SSSR count). The molecule has 0 aliphatic carbocycles. The number of amides is 5. The standard InChI is InChI=1S/C60H96N16O10S/c1-70(24-7-8-34-85-50-17-12-46(13-18-50)14-21-55(77)75(25-9-33-81-4)57(53-22-26-72(3)67-53)58(79)61-45-76-54-11-6-5-10-52(54)66-69-76)31-36-83-39-38-82-35-23-48-43-74(68-65-48)32-37-84-40-41-86-51-19-15-47(16-20-51)62-59(80)64-60-63-49(44-87-60)42-56(78)73-29-27-71(2)28-30-73/h5-6,10-13,15-20,48-49,53,57,60,63,65-69H,7-9,14,21-45H2,1-4H3,(H,61,79)(H2,62,64,80). The topological polar surface area (TPSA) is 255 Å². The monoisotopic (exact) mass is 1230 g/mol. The van der Waals surface area contributed by atoms with E-state index >= 15 is 0 Å². The van der Waals surface area contributed by atoms with Crippen molar-refractivity contribution in [3.05, 3.63) is 78.4 Å². The van der Waals surface area contributed by atoms with Crippen molar-refractivity contribution >= 4 is 52.6 Å². The first kappa shape index (κ1) is 67.3. The smallest absolute Gasteiger partial charge is 0.321 e. The summed E-state index contributed by atoms with van der Waals surface area (Å²) in [5.74, 6) is 2.13. The van der Waals surface area contributed by atoms with Crippen LogP contribution in [0.2, 0.25) is 0 Å². The number of anilines is 3. The molecule has 0 saturated carbocycles. The van der Waals surface area contributed by atoms with Crippen molar-refractivity contribution in [2.45, 2.75) is 81.0 Å². The number of nitrogens with one attached hydrogen (secondary N) is 9. The number of thioether (sulfide) groups is 1. The maximum atomic E-state index is 14.1. The second-order valence-electron chi connectivity index (χ2n) is 22.7. The van der Waals surface area contributed by atoms with Gasteiger partial charge in [0, 0.05) is 123 Å². The molecule has 5 unspecified atom stereocenters. The van der Waals surface area contributed by atoms with E-state index in [1.807, 2.05) is 82.6 Å². The van der Waals surface area contributed by atoms with Crippen LogP contribution in [-0.4, -0.2) is 249 Å². The van der Waals surface area contributed by atoms with E-state index in [0.29, 0.717) is 96.7 Å². The number of para-hydroxylation sites is 2. The zero-order valence-electron chi connectivity index (χ0n) is 51.4. The van der Waals surface area contributed by atoms with E-state index in [1.165, 1.54) is 0 Å². The first-order valence-electron chi connectivity index (χ1n) is 30.9. The van der Waals surface area contributed by atoms with Gasteiger partial charge in [-0.2, -0.15) is 5.53 Å². The molecule has 26 nitrogen and oxygen atoms in total. The van der Waals surface area contributed by atoms with Crippen LogP contribution in [0.3, 0.4) is 0 Å². The Labute approximate surface area is 517 Å². The quantitative estimate of drug-likeness (QED) is 0.0373. The largest absolute Gasteiger partial charge is 0.494 e. The SMILES string of the molecule is COCCCN(C(=O)CCc1ccc(OCCCCN(C)CCOCCOCCC2CN(CCOCCOc3ccc(NC(=O)NC4NC(CC(=O)N5CCN(C)CC5)CS4)cc3)NN2)cc1)C(C(=O)NCN1NNc2ccccc21)C1CCN(C)N1. The summed E-state index contributed by atoms with van der Waals surface area (Å²) < 4.78 is 34.8. The predicted molar refractivity (Wildman–Crippen MR) is 337 cm³/mol. The van der Waals surface area contributed by atoms with Gasteiger partial charge in [0.05, 0.1) is 57.1 Å². The minimum atomic E-state index is -0.704. The fourth-order valence-electron chi connectivity index (χ4n) is 10.8.